The van der Waals surface area contributed by atoms with Crippen molar-refractivity contribution in [3.8, 4) is 16.9 Å². The molecule has 120 valence electrons. The van der Waals surface area contributed by atoms with Gasteiger partial charge in [-0.2, -0.15) is 0 Å². The van der Waals surface area contributed by atoms with E-state index in [9.17, 15) is 9.18 Å². The Kier molecular flexibility index (Phi) is 4.30. The third kappa shape index (κ3) is 3.19. The van der Waals surface area contributed by atoms with Crippen molar-refractivity contribution in [1.82, 2.24) is 4.90 Å². The lowest BCUT2D eigenvalue weighted by molar-refractivity contribution is 0.0786. The maximum atomic E-state index is 14.4. The average Bonchev–Trinajstić information content (AvgIpc) is 3.01. The summed E-state index contributed by atoms with van der Waals surface area (Å²) < 4.78 is 19.5. The molecule has 0 bridgehead atoms. The predicted octanol–water partition coefficient (Wildman–Crippen LogP) is 2.67. The van der Waals surface area contributed by atoms with E-state index in [1.54, 1.807) is 24.1 Å². The minimum absolute atomic E-state index is 0.0133. The van der Waals surface area contributed by atoms with Crippen LogP contribution >= 0.6 is 0 Å². The average molecular weight is 314 g/mol. The van der Waals surface area contributed by atoms with Crippen LogP contribution in [0.5, 0.6) is 5.75 Å². The van der Waals surface area contributed by atoms with E-state index < -0.39 is 5.82 Å². The Hall–Kier alpha value is -2.40. The summed E-state index contributed by atoms with van der Waals surface area (Å²) >= 11 is 0. The van der Waals surface area contributed by atoms with Crippen molar-refractivity contribution in [1.29, 1.82) is 0 Å². The molecule has 3 rings (SSSR count). The lowest BCUT2D eigenvalue weighted by Gasteiger charge is -2.16. The van der Waals surface area contributed by atoms with E-state index in [0.717, 1.165) is 23.3 Å². The SMILES string of the molecule is COc1ccc(-c2ccc(C(=O)N3CC[C@H](N)C3)c(F)c2)cc1. The quantitative estimate of drug-likeness (QED) is 0.947. The topological polar surface area (TPSA) is 55.6 Å². The number of carbonyl (C=O) groups is 1. The molecule has 1 heterocycles. The van der Waals surface area contributed by atoms with Gasteiger partial charge < -0.3 is 15.4 Å². The van der Waals surface area contributed by atoms with E-state index in [1.807, 2.05) is 24.3 Å². The van der Waals surface area contributed by atoms with Crippen LogP contribution in [0.2, 0.25) is 0 Å². The fourth-order valence-corrected chi connectivity index (χ4v) is 2.79. The van der Waals surface area contributed by atoms with Gasteiger partial charge in [-0.15, -0.1) is 0 Å². The lowest BCUT2D eigenvalue weighted by atomic mass is 10.0. The number of halogens is 1. The normalized spacial score (nSPS) is 17.3. The van der Waals surface area contributed by atoms with Gasteiger partial charge in [-0.1, -0.05) is 18.2 Å². The van der Waals surface area contributed by atoms with Crippen molar-refractivity contribution in [2.24, 2.45) is 5.73 Å². The first kappa shape index (κ1) is 15.5. The Bertz CT molecular complexity index is 715. The molecule has 0 saturated carbocycles. The van der Waals surface area contributed by atoms with Gasteiger partial charge in [-0.3, -0.25) is 4.79 Å². The molecule has 23 heavy (non-hydrogen) atoms. The number of ether oxygens (including phenoxy) is 1. The zero-order valence-electron chi connectivity index (χ0n) is 13.0. The standard InChI is InChI=1S/C18H19FN2O2/c1-23-15-5-2-12(3-6-15)13-4-7-16(17(19)10-13)18(22)21-9-8-14(20)11-21/h2-7,10,14H,8-9,11,20H2,1H3/t14-/m0/s1. The Balaban J connectivity index is 1.83. The van der Waals surface area contributed by atoms with E-state index in [0.29, 0.717) is 13.1 Å². The maximum absolute atomic E-state index is 14.4. The molecule has 2 N–H and O–H groups in total. The molecule has 0 spiro atoms. The van der Waals surface area contributed by atoms with Gasteiger partial charge in [-0.25, -0.2) is 4.39 Å². The first-order valence-electron chi connectivity index (χ1n) is 7.57. The van der Waals surface area contributed by atoms with Gasteiger partial charge in [0.05, 0.1) is 12.7 Å². The Morgan fingerprint density at radius 3 is 2.48 bits per heavy atom. The Morgan fingerprint density at radius 1 is 1.22 bits per heavy atom. The largest absolute Gasteiger partial charge is 0.497 e. The molecule has 1 atom stereocenters. The minimum Gasteiger partial charge on any atom is -0.497 e. The van der Waals surface area contributed by atoms with Crippen molar-refractivity contribution in [3.05, 3.63) is 53.8 Å². The molecule has 0 aromatic heterocycles. The van der Waals surface area contributed by atoms with Crippen LogP contribution in [0.3, 0.4) is 0 Å². The summed E-state index contributed by atoms with van der Waals surface area (Å²) in [5, 5.41) is 0. The number of rotatable bonds is 3. The summed E-state index contributed by atoms with van der Waals surface area (Å²) in [5.41, 5.74) is 7.49. The van der Waals surface area contributed by atoms with Gasteiger partial charge in [0.1, 0.15) is 11.6 Å². The second-order valence-corrected chi connectivity index (χ2v) is 5.72. The summed E-state index contributed by atoms with van der Waals surface area (Å²) in [5.74, 6) is -0.0630. The van der Waals surface area contributed by atoms with Crippen LogP contribution in [0.15, 0.2) is 42.5 Å². The van der Waals surface area contributed by atoms with Crippen LogP contribution in [-0.2, 0) is 0 Å². The number of carbonyl (C=O) groups excluding carboxylic acids is 1. The fourth-order valence-electron chi connectivity index (χ4n) is 2.79. The number of methoxy groups -OCH3 is 1. The Morgan fingerprint density at radius 2 is 1.91 bits per heavy atom. The molecule has 1 amide bonds. The molecule has 1 fully saturated rings. The molecule has 0 radical (unpaired) electrons. The van der Waals surface area contributed by atoms with Crippen molar-refractivity contribution in [2.75, 3.05) is 20.2 Å². The van der Waals surface area contributed by atoms with Gasteiger partial charge in [0.15, 0.2) is 0 Å². The highest BCUT2D eigenvalue weighted by Gasteiger charge is 2.26. The van der Waals surface area contributed by atoms with Crippen molar-refractivity contribution in [3.63, 3.8) is 0 Å². The number of benzene rings is 2. The highest BCUT2D eigenvalue weighted by molar-refractivity contribution is 5.95. The van der Waals surface area contributed by atoms with Gasteiger partial charge >= 0.3 is 0 Å². The number of hydrogen-bond acceptors (Lipinski definition) is 3. The molecule has 4 nitrogen and oxygen atoms in total. The molecule has 0 aliphatic carbocycles. The third-order valence-corrected chi connectivity index (χ3v) is 4.13. The number of nitrogens with two attached hydrogens (primary N) is 1. The molecular weight excluding hydrogens is 295 g/mol. The highest BCUT2D eigenvalue weighted by Crippen LogP contribution is 2.25. The van der Waals surface area contributed by atoms with Gasteiger partial charge in [-0.05, 0) is 41.8 Å². The van der Waals surface area contributed by atoms with Crippen molar-refractivity contribution < 1.29 is 13.9 Å². The van der Waals surface area contributed by atoms with Gasteiger partial charge in [0.2, 0.25) is 0 Å². The van der Waals surface area contributed by atoms with E-state index >= 15 is 0 Å². The molecule has 2 aromatic rings. The summed E-state index contributed by atoms with van der Waals surface area (Å²) in [6, 6.07) is 12.0. The van der Waals surface area contributed by atoms with Crippen LogP contribution in [0.4, 0.5) is 4.39 Å². The highest BCUT2D eigenvalue weighted by atomic mass is 19.1. The number of amides is 1. The van der Waals surface area contributed by atoms with Crippen molar-refractivity contribution in [2.45, 2.75) is 12.5 Å². The van der Waals surface area contributed by atoms with Crippen LogP contribution < -0.4 is 10.5 Å². The second kappa shape index (κ2) is 6.38. The molecule has 1 saturated heterocycles. The smallest absolute Gasteiger partial charge is 0.256 e. The van der Waals surface area contributed by atoms with Crippen LogP contribution in [0, 0.1) is 5.82 Å². The first-order chi connectivity index (χ1) is 11.1. The zero-order chi connectivity index (χ0) is 16.4. The lowest BCUT2D eigenvalue weighted by Crippen LogP contribution is -2.32. The van der Waals surface area contributed by atoms with E-state index in [1.165, 1.54) is 6.07 Å². The maximum Gasteiger partial charge on any atom is 0.256 e. The monoisotopic (exact) mass is 314 g/mol. The summed E-state index contributed by atoms with van der Waals surface area (Å²) in [6.07, 6.45) is 0.761. The van der Waals surface area contributed by atoms with Crippen molar-refractivity contribution >= 4 is 5.91 Å². The third-order valence-electron chi connectivity index (χ3n) is 4.13. The summed E-state index contributed by atoms with van der Waals surface area (Å²) in [7, 11) is 1.60. The molecule has 5 heteroatoms. The van der Waals surface area contributed by atoms with E-state index in [4.69, 9.17) is 10.5 Å². The van der Waals surface area contributed by atoms with Crippen LogP contribution in [0.1, 0.15) is 16.8 Å². The molecule has 2 aromatic carbocycles. The molecule has 0 unspecified atom stereocenters. The van der Waals surface area contributed by atoms with Gasteiger partial charge in [0, 0.05) is 19.1 Å². The molecule has 1 aliphatic rings. The summed E-state index contributed by atoms with van der Waals surface area (Å²) in [6.45, 7) is 1.07. The minimum atomic E-state index is -0.510. The van der Waals surface area contributed by atoms with Crippen LogP contribution in [-0.4, -0.2) is 37.0 Å². The number of hydrogen-bond donors (Lipinski definition) is 1. The molecule has 1 aliphatic heterocycles. The predicted molar refractivity (Wildman–Crippen MR) is 86.9 cm³/mol. The van der Waals surface area contributed by atoms with Crippen LogP contribution in [0.25, 0.3) is 11.1 Å². The zero-order valence-corrected chi connectivity index (χ0v) is 13.0. The molecular formula is C18H19FN2O2. The van der Waals surface area contributed by atoms with E-state index in [2.05, 4.69) is 0 Å². The Labute approximate surface area is 134 Å². The van der Waals surface area contributed by atoms with Gasteiger partial charge in [0.25, 0.3) is 5.91 Å². The number of nitrogens with zero attached hydrogens (tertiary/aromatic N) is 1. The number of likely N-dealkylation sites (tertiary alicyclic amines) is 1. The second-order valence-electron chi connectivity index (χ2n) is 5.72. The first-order valence-corrected chi connectivity index (χ1v) is 7.57. The fraction of sp³-hybridized carbons (Fsp3) is 0.278. The summed E-state index contributed by atoms with van der Waals surface area (Å²) in [4.78, 5) is 14.0. The van der Waals surface area contributed by atoms with E-state index in [-0.39, 0.29) is 17.5 Å².